The number of hydrogen-bond donors (Lipinski definition) is 0. The first-order chi connectivity index (χ1) is 35.4. The van der Waals surface area contributed by atoms with Gasteiger partial charge in [0.05, 0.1) is 0 Å². The summed E-state index contributed by atoms with van der Waals surface area (Å²) in [5.74, 6) is 5.13. The lowest BCUT2D eigenvalue weighted by Crippen LogP contribution is -2.46. The normalized spacial score (nSPS) is 33.9. The summed E-state index contributed by atoms with van der Waals surface area (Å²) in [6.45, 7) is 14.1. The van der Waals surface area contributed by atoms with Gasteiger partial charge in [-0.1, -0.05) is 62.6 Å². The topological polar surface area (TPSA) is 68.3 Å². The van der Waals surface area contributed by atoms with E-state index in [0.717, 1.165) is 95.6 Å². The maximum atomic E-state index is 15.4. The van der Waals surface area contributed by atoms with Crippen LogP contribution in [-0.2, 0) is 16.0 Å². The lowest BCUT2D eigenvalue weighted by atomic mass is 9.51. The number of carbonyl (C=O) groups excluding carboxylic acids is 2. The fraction of sp³-hybridized carbons (Fsp3) is 0.625. The van der Waals surface area contributed by atoms with Crippen molar-refractivity contribution in [3.63, 3.8) is 0 Å². The molecule has 7 nitrogen and oxygen atoms in total. The summed E-state index contributed by atoms with van der Waals surface area (Å²) >= 11 is 0. The number of benzene rings is 3. The lowest BCUT2D eigenvalue weighted by Gasteiger charge is -2.53. The summed E-state index contributed by atoms with van der Waals surface area (Å²) in [5, 5.41) is 0. The Morgan fingerprint density at radius 2 is 1.22 bits per heavy atom. The Morgan fingerprint density at radius 3 is 1.85 bits per heavy atom. The molecule has 0 N–H and O–H groups in total. The van der Waals surface area contributed by atoms with Gasteiger partial charge in [0.25, 0.3) is 0 Å². The molecule has 9 aliphatic rings. The maximum absolute atomic E-state index is 15.4. The summed E-state index contributed by atoms with van der Waals surface area (Å²) in [5.41, 5.74) is 8.99. The van der Waals surface area contributed by atoms with Crippen LogP contribution in [-0.4, -0.2) is 86.4 Å². The number of fused-ring (bicyclic) bond motifs is 9. The van der Waals surface area contributed by atoms with Crippen LogP contribution in [0.4, 0.5) is 8.78 Å². The molecular formula is C64H82F2N2O5. The summed E-state index contributed by atoms with van der Waals surface area (Å²) in [6.07, 6.45) is 19.1. The van der Waals surface area contributed by atoms with Gasteiger partial charge in [0.15, 0.2) is 5.78 Å². The van der Waals surface area contributed by atoms with E-state index in [4.69, 9.17) is 14.2 Å². The van der Waals surface area contributed by atoms with Crippen LogP contribution in [0.1, 0.15) is 170 Å². The third kappa shape index (κ3) is 10.4. The Labute approximate surface area is 434 Å². The van der Waals surface area contributed by atoms with Crippen molar-refractivity contribution in [1.29, 1.82) is 0 Å². The van der Waals surface area contributed by atoms with Crippen LogP contribution in [0.5, 0.6) is 17.2 Å². The van der Waals surface area contributed by atoms with Gasteiger partial charge in [0.1, 0.15) is 42.8 Å². The van der Waals surface area contributed by atoms with Crippen molar-refractivity contribution in [2.45, 2.75) is 166 Å². The van der Waals surface area contributed by atoms with Gasteiger partial charge in [-0.3, -0.25) is 19.4 Å². The van der Waals surface area contributed by atoms with Crippen LogP contribution in [0, 0.1) is 34.5 Å². The molecule has 5 unspecified atom stereocenters. The zero-order chi connectivity index (χ0) is 50.3. The Morgan fingerprint density at radius 1 is 0.630 bits per heavy atom. The number of alkyl halides is 2. The van der Waals surface area contributed by atoms with Gasteiger partial charge in [0.2, 0.25) is 0 Å². The quantitative estimate of drug-likeness (QED) is 0.140. The monoisotopic (exact) mass is 997 g/mol. The first kappa shape index (κ1) is 50.8. The van der Waals surface area contributed by atoms with Crippen molar-refractivity contribution in [1.82, 2.24) is 9.80 Å². The molecule has 0 radical (unpaired) electrons. The summed E-state index contributed by atoms with van der Waals surface area (Å²) in [4.78, 5) is 28.7. The van der Waals surface area contributed by atoms with Gasteiger partial charge in [-0.15, -0.1) is 0 Å². The van der Waals surface area contributed by atoms with Crippen LogP contribution in [0.2, 0.25) is 0 Å². The molecule has 6 fully saturated rings. The number of carbonyl (C=O) groups is 2. The highest BCUT2D eigenvalue weighted by Crippen LogP contribution is 2.67. The first-order valence-corrected chi connectivity index (χ1v) is 28.9. The van der Waals surface area contributed by atoms with E-state index < -0.39 is 12.3 Å². The number of halogens is 2. The van der Waals surface area contributed by atoms with Crippen LogP contribution in [0.3, 0.4) is 0 Å². The minimum Gasteiger partial charge on any atom is -0.492 e. The molecule has 2 heterocycles. The van der Waals surface area contributed by atoms with Crippen molar-refractivity contribution in [3.05, 3.63) is 112 Å². The predicted molar refractivity (Wildman–Crippen MR) is 285 cm³/mol. The second-order valence-electron chi connectivity index (χ2n) is 24.4. The van der Waals surface area contributed by atoms with Crippen molar-refractivity contribution in [2.24, 2.45) is 34.5 Å². The van der Waals surface area contributed by atoms with Crippen molar-refractivity contribution >= 4 is 11.8 Å². The van der Waals surface area contributed by atoms with Crippen LogP contribution >= 0.6 is 0 Å². The Hall–Kier alpha value is -4.34. The average Bonchev–Trinajstić information content (AvgIpc) is 3.88. The molecule has 2 aliphatic heterocycles. The molecule has 12 rings (SSSR count). The molecule has 0 bridgehead atoms. The standard InChI is InChI=1S/C33H42FNO3.C31H40FNO2/c1-22(36)38-26-11-13-27-24(20-26)8-12-28-30-14-15-31(34)33(30,2)21-29(32(27)28)23-6-9-25(10-7-23)37-19-18-35-16-4-3-5-17-35;1-31-20-27(21-5-9-24(10-6-21)35-18-17-33-15-3-2-4-16-33)30-25-12-8-23(34)19-22(25)7-11-26(30)28(31)13-14-29(31)32/h6-7,9-11,13,20,28-32H,3-5,8,12,14-19,21H2,1-2H3;5-6,9-10,19,26-29H,2-4,7-8,11-18,20H2,1H3/t28?,29-,30?,31-,32?,33+;26?,27-,28?,29-,31+/m11/s1. The van der Waals surface area contributed by atoms with Gasteiger partial charge in [-0.2, -0.15) is 0 Å². The van der Waals surface area contributed by atoms with Gasteiger partial charge < -0.3 is 14.2 Å². The molecule has 0 amide bonds. The number of hydrogen-bond acceptors (Lipinski definition) is 7. The number of allylic oxidation sites excluding steroid dienone is 4. The Balaban J connectivity index is 0.000000158. The molecule has 11 atom stereocenters. The summed E-state index contributed by atoms with van der Waals surface area (Å²) in [7, 11) is 0. The zero-order valence-corrected chi connectivity index (χ0v) is 44.2. The fourth-order valence-corrected chi connectivity index (χ4v) is 16.6. The number of rotatable bonds is 11. The van der Waals surface area contributed by atoms with E-state index in [0.29, 0.717) is 54.6 Å². The van der Waals surface area contributed by atoms with E-state index in [1.165, 1.54) is 105 Å². The first-order valence-electron chi connectivity index (χ1n) is 28.9. The van der Waals surface area contributed by atoms with E-state index in [1.807, 2.05) is 12.1 Å². The van der Waals surface area contributed by atoms with E-state index in [9.17, 15) is 9.59 Å². The molecule has 7 aliphatic carbocycles. The van der Waals surface area contributed by atoms with E-state index >= 15 is 8.78 Å². The van der Waals surface area contributed by atoms with Crippen LogP contribution < -0.4 is 14.2 Å². The van der Waals surface area contributed by atoms with Crippen molar-refractivity contribution in [3.8, 4) is 17.2 Å². The number of aryl methyl sites for hydroxylation is 1. The second-order valence-corrected chi connectivity index (χ2v) is 24.4. The van der Waals surface area contributed by atoms with Crippen molar-refractivity contribution in [2.75, 3.05) is 52.5 Å². The largest absolute Gasteiger partial charge is 0.492 e. The number of esters is 1. The Kier molecular flexibility index (Phi) is 15.1. The molecule has 0 aromatic heterocycles. The van der Waals surface area contributed by atoms with E-state index in [-0.39, 0.29) is 34.4 Å². The van der Waals surface area contributed by atoms with Crippen LogP contribution in [0.15, 0.2) is 89.5 Å². The summed E-state index contributed by atoms with van der Waals surface area (Å²) < 4.78 is 48.4. The molecule has 3 aromatic rings. The number of nitrogens with zero attached hydrogens (tertiary/aromatic N) is 2. The average molecular weight is 997 g/mol. The smallest absolute Gasteiger partial charge is 0.308 e. The summed E-state index contributed by atoms with van der Waals surface area (Å²) in [6, 6.07) is 23.6. The molecule has 0 spiro atoms. The van der Waals surface area contributed by atoms with Crippen molar-refractivity contribution < 1.29 is 32.6 Å². The molecular weight excluding hydrogens is 915 g/mol. The van der Waals surface area contributed by atoms with Gasteiger partial charge in [-0.05, 0) is 234 Å². The molecule has 9 heteroatoms. The minimum atomic E-state index is -0.721. The van der Waals surface area contributed by atoms with E-state index in [1.54, 1.807) is 5.57 Å². The third-order valence-electron chi connectivity index (χ3n) is 20.3. The van der Waals surface area contributed by atoms with E-state index in [2.05, 4.69) is 84.3 Å². The number of ketones is 1. The van der Waals surface area contributed by atoms with Crippen LogP contribution in [0.25, 0.3) is 0 Å². The second kappa shape index (κ2) is 21.7. The molecule has 3 aromatic carbocycles. The number of piperidine rings is 2. The van der Waals surface area contributed by atoms with Gasteiger partial charge in [-0.25, -0.2) is 8.78 Å². The third-order valence-corrected chi connectivity index (χ3v) is 20.3. The highest BCUT2D eigenvalue weighted by atomic mass is 19.1. The minimum absolute atomic E-state index is 0.241. The molecule has 73 heavy (non-hydrogen) atoms. The molecule has 4 saturated carbocycles. The van der Waals surface area contributed by atoms with Gasteiger partial charge >= 0.3 is 5.97 Å². The Bertz CT molecular complexity index is 2510. The predicted octanol–water partition coefficient (Wildman–Crippen LogP) is 13.9. The zero-order valence-electron chi connectivity index (χ0n) is 44.2. The number of ether oxygens (including phenoxy) is 3. The fourth-order valence-electron chi connectivity index (χ4n) is 16.6. The lowest BCUT2D eigenvalue weighted by molar-refractivity contribution is -0.131. The molecule has 2 saturated heterocycles. The van der Waals surface area contributed by atoms with Gasteiger partial charge in [0, 0.05) is 43.2 Å². The maximum Gasteiger partial charge on any atom is 0.308 e. The highest BCUT2D eigenvalue weighted by molar-refractivity contribution is 5.93. The molecule has 392 valence electrons. The SMILES string of the molecule is CC(=O)Oc1ccc2c(c1)CCC1C2[C@@H](c2ccc(OCCN3CCCCC3)cc2)C[C@@]2(C)C1CC[C@H]2F.C[C@]12C[C@H](c3ccc(OCCN4CCCCC4)cc3)C3=C4CCC(=O)C=C4CCC3C1CC[C@H]2F. The highest BCUT2D eigenvalue weighted by Gasteiger charge is 2.59. The number of likely N-dealkylation sites (tertiary alicyclic amines) is 2.